The van der Waals surface area contributed by atoms with Gasteiger partial charge in [0.15, 0.2) is 0 Å². The molecule has 82 valence electrons. The van der Waals surface area contributed by atoms with Crippen molar-refractivity contribution in [1.29, 1.82) is 0 Å². The van der Waals surface area contributed by atoms with Crippen molar-refractivity contribution < 1.29 is 9.90 Å². The summed E-state index contributed by atoms with van der Waals surface area (Å²) in [7, 11) is 4.04. The Labute approximate surface area is 94.1 Å². The van der Waals surface area contributed by atoms with Crippen LogP contribution in [0.15, 0.2) is 29.2 Å². The van der Waals surface area contributed by atoms with Gasteiger partial charge < -0.3 is 10.0 Å². The quantitative estimate of drug-likeness (QED) is 0.778. The van der Waals surface area contributed by atoms with Crippen LogP contribution in [-0.2, 0) is 0 Å². The fourth-order valence-corrected chi connectivity index (χ4v) is 2.14. The van der Waals surface area contributed by atoms with E-state index in [1.807, 2.05) is 20.2 Å². The molecule has 0 saturated carbocycles. The highest BCUT2D eigenvalue weighted by atomic mass is 32.2. The topological polar surface area (TPSA) is 40.5 Å². The van der Waals surface area contributed by atoms with Crippen LogP contribution in [0.3, 0.4) is 0 Å². The zero-order valence-corrected chi connectivity index (χ0v) is 9.75. The summed E-state index contributed by atoms with van der Waals surface area (Å²) in [6.45, 7) is 0.988. The highest BCUT2D eigenvalue weighted by Gasteiger charge is 2.03. The maximum atomic E-state index is 10.7. The number of aromatic carboxylic acids is 1. The Hall–Kier alpha value is -1.00. The van der Waals surface area contributed by atoms with Crippen LogP contribution in [-0.4, -0.2) is 42.4 Å². The first-order chi connectivity index (χ1) is 7.09. The number of hydrogen-bond donors (Lipinski definition) is 1. The first-order valence-corrected chi connectivity index (χ1v) is 5.69. The standard InChI is InChI=1S/C11H15NO2S/c1-12(2)6-7-15-10-5-3-4-9(8-10)11(13)14/h3-5,8H,6-7H2,1-2H3,(H,13,14). The molecule has 15 heavy (non-hydrogen) atoms. The summed E-state index contributed by atoms with van der Waals surface area (Å²) in [5, 5.41) is 8.81. The van der Waals surface area contributed by atoms with Crippen molar-refractivity contribution in [2.45, 2.75) is 4.90 Å². The van der Waals surface area contributed by atoms with Crippen molar-refractivity contribution in [3.63, 3.8) is 0 Å². The van der Waals surface area contributed by atoms with Gasteiger partial charge >= 0.3 is 5.97 Å². The van der Waals surface area contributed by atoms with Crippen molar-refractivity contribution in [3.05, 3.63) is 29.8 Å². The van der Waals surface area contributed by atoms with Crippen molar-refractivity contribution in [1.82, 2.24) is 4.90 Å². The second-order valence-electron chi connectivity index (χ2n) is 3.48. The van der Waals surface area contributed by atoms with Gasteiger partial charge in [0.1, 0.15) is 0 Å². The first-order valence-electron chi connectivity index (χ1n) is 4.70. The smallest absolute Gasteiger partial charge is 0.335 e. The van der Waals surface area contributed by atoms with Gasteiger partial charge in [-0.15, -0.1) is 11.8 Å². The van der Waals surface area contributed by atoms with Gasteiger partial charge in [0, 0.05) is 17.2 Å². The minimum absolute atomic E-state index is 0.352. The van der Waals surface area contributed by atoms with E-state index in [-0.39, 0.29) is 0 Å². The Kier molecular flexibility index (Phi) is 4.65. The molecule has 0 aliphatic carbocycles. The molecule has 0 spiro atoms. The lowest BCUT2D eigenvalue weighted by Crippen LogP contribution is -2.14. The predicted molar refractivity (Wildman–Crippen MR) is 62.7 cm³/mol. The van der Waals surface area contributed by atoms with Crippen LogP contribution in [0.4, 0.5) is 0 Å². The molecule has 0 fully saturated rings. The molecule has 4 heteroatoms. The normalized spacial score (nSPS) is 10.6. The van der Waals surface area contributed by atoms with Crippen LogP contribution >= 0.6 is 11.8 Å². The molecule has 1 rings (SSSR count). The molecule has 1 aromatic carbocycles. The molecule has 0 unspecified atom stereocenters. The highest BCUT2D eigenvalue weighted by molar-refractivity contribution is 7.99. The first kappa shape index (κ1) is 12.1. The number of nitrogens with zero attached hydrogens (tertiary/aromatic N) is 1. The third-order valence-electron chi connectivity index (χ3n) is 1.89. The van der Waals surface area contributed by atoms with Crippen molar-refractivity contribution in [3.8, 4) is 0 Å². The zero-order valence-electron chi connectivity index (χ0n) is 8.93. The second-order valence-corrected chi connectivity index (χ2v) is 4.65. The van der Waals surface area contributed by atoms with E-state index in [2.05, 4.69) is 4.90 Å². The molecule has 0 aromatic heterocycles. The summed E-state index contributed by atoms with van der Waals surface area (Å²) in [5.74, 6) is 0.0980. The molecule has 1 aromatic rings. The Morgan fingerprint density at radius 2 is 2.20 bits per heavy atom. The van der Waals surface area contributed by atoms with Gasteiger partial charge in [-0.05, 0) is 32.3 Å². The predicted octanol–water partition coefficient (Wildman–Crippen LogP) is 2.04. The largest absolute Gasteiger partial charge is 0.478 e. The molecule has 0 atom stereocenters. The molecule has 0 aliphatic rings. The summed E-state index contributed by atoms with van der Waals surface area (Å²) >= 11 is 1.68. The zero-order chi connectivity index (χ0) is 11.3. The van der Waals surface area contributed by atoms with E-state index < -0.39 is 5.97 Å². The molecule has 0 amide bonds. The van der Waals surface area contributed by atoms with Crippen LogP contribution in [0.2, 0.25) is 0 Å². The average Bonchev–Trinajstić information content (AvgIpc) is 2.17. The molecule has 0 saturated heterocycles. The van der Waals surface area contributed by atoms with E-state index in [1.54, 1.807) is 30.0 Å². The minimum Gasteiger partial charge on any atom is -0.478 e. The van der Waals surface area contributed by atoms with Gasteiger partial charge in [-0.1, -0.05) is 6.07 Å². The number of benzene rings is 1. The molecule has 0 bridgehead atoms. The van der Waals surface area contributed by atoms with Gasteiger partial charge in [-0.3, -0.25) is 0 Å². The van der Waals surface area contributed by atoms with Gasteiger partial charge in [-0.25, -0.2) is 4.79 Å². The number of carbonyl (C=O) groups is 1. The SMILES string of the molecule is CN(C)CCSc1cccc(C(=O)O)c1. The van der Waals surface area contributed by atoms with E-state index in [1.165, 1.54) is 0 Å². The lowest BCUT2D eigenvalue weighted by atomic mass is 10.2. The Morgan fingerprint density at radius 1 is 1.47 bits per heavy atom. The summed E-state index contributed by atoms with van der Waals surface area (Å²) < 4.78 is 0. The second kappa shape index (κ2) is 5.78. The summed E-state index contributed by atoms with van der Waals surface area (Å²) in [5.41, 5.74) is 0.352. The van der Waals surface area contributed by atoms with Crippen LogP contribution in [0.1, 0.15) is 10.4 Å². The van der Waals surface area contributed by atoms with E-state index in [4.69, 9.17) is 5.11 Å². The summed E-state index contributed by atoms with van der Waals surface area (Å²) in [6, 6.07) is 7.04. The third-order valence-corrected chi connectivity index (χ3v) is 2.86. The van der Waals surface area contributed by atoms with E-state index in [0.29, 0.717) is 5.56 Å². The molecule has 1 N–H and O–H groups in total. The summed E-state index contributed by atoms with van der Waals surface area (Å²) in [6.07, 6.45) is 0. The molecule has 3 nitrogen and oxygen atoms in total. The lowest BCUT2D eigenvalue weighted by Gasteiger charge is -2.08. The molecule has 0 heterocycles. The number of rotatable bonds is 5. The van der Waals surface area contributed by atoms with Crippen molar-refractivity contribution in [2.75, 3.05) is 26.4 Å². The fourth-order valence-electron chi connectivity index (χ4n) is 1.06. The maximum Gasteiger partial charge on any atom is 0.335 e. The summed E-state index contributed by atoms with van der Waals surface area (Å²) in [4.78, 5) is 13.8. The highest BCUT2D eigenvalue weighted by Crippen LogP contribution is 2.18. The van der Waals surface area contributed by atoms with E-state index >= 15 is 0 Å². The lowest BCUT2D eigenvalue weighted by molar-refractivity contribution is 0.0696. The van der Waals surface area contributed by atoms with Crippen LogP contribution in [0, 0.1) is 0 Å². The minimum atomic E-state index is -0.870. The van der Waals surface area contributed by atoms with Crippen LogP contribution < -0.4 is 0 Å². The van der Waals surface area contributed by atoms with Gasteiger partial charge in [0.05, 0.1) is 5.56 Å². The Morgan fingerprint density at radius 3 is 2.80 bits per heavy atom. The number of carboxylic acid groups (broad SMARTS) is 1. The third kappa shape index (κ3) is 4.36. The Bertz CT molecular complexity index is 339. The fraction of sp³-hybridized carbons (Fsp3) is 0.364. The van der Waals surface area contributed by atoms with E-state index in [0.717, 1.165) is 17.2 Å². The molecule has 0 aliphatic heterocycles. The van der Waals surface area contributed by atoms with Gasteiger partial charge in [0.25, 0.3) is 0 Å². The van der Waals surface area contributed by atoms with Crippen LogP contribution in [0.25, 0.3) is 0 Å². The molecular formula is C11H15NO2S. The number of hydrogen-bond acceptors (Lipinski definition) is 3. The van der Waals surface area contributed by atoms with Gasteiger partial charge in [0.2, 0.25) is 0 Å². The van der Waals surface area contributed by atoms with E-state index in [9.17, 15) is 4.79 Å². The Balaban J connectivity index is 2.54. The van der Waals surface area contributed by atoms with Gasteiger partial charge in [-0.2, -0.15) is 0 Å². The monoisotopic (exact) mass is 225 g/mol. The van der Waals surface area contributed by atoms with Crippen molar-refractivity contribution in [2.24, 2.45) is 0 Å². The maximum absolute atomic E-state index is 10.7. The number of thioether (sulfide) groups is 1. The van der Waals surface area contributed by atoms with Crippen molar-refractivity contribution >= 4 is 17.7 Å². The molecular weight excluding hydrogens is 210 g/mol. The van der Waals surface area contributed by atoms with Crippen LogP contribution in [0.5, 0.6) is 0 Å². The average molecular weight is 225 g/mol. The number of carboxylic acids is 1. The molecule has 0 radical (unpaired) electrons.